The Balaban J connectivity index is 1.24. The van der Waals surface area contributed by atoms with E-state index >= 15 is 0 Å². The lowest BCUT2D eigenvalue weighted by atomic mass is 9.85. The summed E-state index contributed by atoms with van der Waals surface area (Å²) in [6.07, 6.45) is -0.173. The highest BCUT2D eigenvalue weighted by Gasteiger charge is 2.47. The summed E-state index contributed by atoms with van der Waals surface area (Å²) in [4.78, 5) is 49.7. The average Bonchev–Trinajstić information content (AvgIpc) is 3.33. The van der Waals surface area contributed by atoms with Crippen LogP contribution in [0.5, 0.6) is 0 Å². The average molecular weight is 480 g/mol. The number of benzene rings is 2. The number of hydrogen-bond acceptors (Lipinski definition) is 5. The van der Waals surface area contributed by atoms with Crippen LogP contribution in [0.3, 0.4) is 0 Å². The van der Waals surface area contributed by atoms with E-state index in [2.05, 4.69) is 10.6 Å². The zero-order chi connectivity index (χ0) is 25.2. The van der Waals surface area contributed by atoms with Crippen molar-refractivity contribution in [1.29, 1.82) is 0 Å². The van der Waals surface area contributed by atoms with Crippen molar-refractivity contribution in [2.75, 3.05) is 26.2 Å². The van der Waals surface area contributed by atoms with Crippen molar-refractivity contribution in [3.8, 4) is 11.1 Å². The van der Waals surface area contributed by atoms with Crippen molar-refractivity contribution in [3.05, 3.63) is 59.7 Å². The molecule has 184 valence electrons. The van der Waals surface area contributed by atoms with Gasteiger partial charge in [0, 0.05) is 12.5 Å². The molecule has 1 saturated heterocycles. The van der Waals surface area contributed by atoms with Gasteiger partial charge in [-0.15, -0.1) is 0 Å². The lowest BCUT2D eigenvalue weighted by molar-refractivity contribution is -0.151. The fraction of sp³-hybridized carbons (Fsp3) is 0.385. The van der Waals surface area contributed by atoms with Gasteiger partial charge in [-0.25, -0.2) is 9.59 Å². The fourth-order valence-corrected chi connectivity index (χ4v) is 4.97. The predicted molar refractivity (Wildman–Crippen MR) is 128 cm³/mol. The lowest BCUT2D eigenvalue weighted by Gasteiger charge is -2.29. The van der Waals surface area contributed by atoms with Gasteiger partial charge in [0.15, 0.2) is 0 Å². The smallest absolute Gasteiger partial charge is 0.407 e. The second-order valence-electron chi connectivity index (χ2n) is 9.52. The molecule has 9 heteroatoms. The Bertz CT molecular complexity index is 1120. The number of hydrogen-bond donors (Lipinski definition) is 3. The molecule has 0 bridgehead atoms. The summed E-state index contributed by atoms with van der Waals surface area (Å²) < 4.78 is 5.39. The highest BCUT2D eigenvalue weighted by molar-refractivity contribution is 5.90. The maximum atomic E-state index is 12.5. The van der Waals surface area contributed by atoms with Crippen LogP contribution in [-0.4, -0.2) is 66.2 Å². The number of carbonyl (C=O) groups excluding carboxylic acids is 3. The number of carboxylic acid groups (broad SMARTS) is 1. The van der Waals surface area contributed by atoms with E-state index in [4.69, 9.17) is 4.74 Å². The Labute approximate surface area is 203 Å². The molecule has 35 heavy (non-hydrogen) atoms. The van der Waals surface area contributed by atoms with Crippen molar-refractivity contribution >= 4 is 23.9 Å². The van der Waals surface area contributed by atoms with Crippen LogP contribution in [0.1, 0.15) is 37.3 Å². The molecule has 1 aliphatic heterocycles. The summed E-state index contributed by atoms with van der Waals surface area (Å²) in [5.74, 6) is -2.20. The van der Waals surface area contributed by atoms with Crippen LogP contribution in [0.25, 0.3) is 11.1 Å². The third kappa shape index (κ3) is 4.99. The number of ether oxygens (including phenoxy) is 1. The Hall–Kier alpha value is -3.88. The van der Waals surface area contributed by atoms with Crippen LogP contribution in [-0.2, 0) is 19.1 Å². The van der Waals surface area contributed by atoms with Gasteiger partial charge in [0.2, 0.25) is 11.8 Å². The maximum absolute atomic E-state index is 12.5. The molecule has 3 amide bonds. The van der Waals surface area contributed by atoms with Crippen molar-refractivity contribution in [2.45, 2.75) is 32.2 Å². The van der Waals surface area contributed by atoms with E-state index in [1.54, 1.807) is 13.8 Å². The van der Waals surface area contributed by atoms with Crippen LogP contribution in [0.4, 0.5) is 4.79 Å². The van der Waals surface area contributed by atoms with Gasteiger partial charge in [-0.2, -0.15) is 0 Å². The van der Waals surface area contributed by atoms with Gasteiger partial charge in [-0.05, 0) is 34.1 Å². The van der Waals surface area contributed by atoms with E-state index in [0.717, 1.165) is 22.3 Å². The van der Waals surface area contributed by atoms with Crippen LogP contribution in [0.2, 0.25) is 0 Å². The number of carboxylic acids is 1. The number of rotatable bonds is 7. The molecule has 0 spiro atoms. The normalized spacial score (nSPS) is 17.9. The number of carbonyl (C=O) groups is 4. The SMILES string of the molecule is CC1(C)CCN(C(=O)CNC(=O)CNC(=O)OCC2c3ccccc3-c3ccccc32)C1C(=O)O. The quantitative estimate of drug-likeness (QED) is 0.560. The minimum absolute atomic E-state index is 0.0912. The monoisotopic (exact) mass is 479 g/mol. The first-order chi connectivity index (χ1) is 16.7. The van der Waals surface area contributed by atoms with E-state index in [9.17, 15) is 24.3 Å². The summed E-state index contributed by atoms with van der Waals surface area (Å²) in [7, 11) is 0. The first-order valence-corrected chi connectivity index (χ1v) is 11.6. The molecule has 2 aromatic rings. The highest BCUT2D eigenvalue weighted by Crippen LogP contribution is 2.44. The molecular formula is C26H29N3O6. The lowest BCUT2D eigenvalue weighted by Crippen LogP contribution is -2.50. The summed E-state index contributed by atoms with van der Waals surface area (Å²) in [5.41, 5.74) is 3.86. The minimum atomic E-state index is -1.07. The number of nitrogens with one attached hydrogen (secondary N) is 2. The largest absolute Gasteiger partial charge is 0.480 e. The number of fused-ring (bicyclic) bond motifs is 3. The molecule has 4 rings (SSSR count). The van der Waals surface area contributed by atoms with Gasteiger partial charge in [0.1, 0.15) is 19.2 Å². The summed E-state index contributed by atoms with van der Waals surface area (Å²) >= 11 is 0. The molecule has 1 unspecified atom stereocenters. The third-order valence-corrected chi connectivity index (χ3v) is 6.78. The van der Waals surface area contributed by atoms with Crippen molar-refractivity contribution < 1.29 is 29.0 Å². The Morgan fingerprint density at radius 3 is 2.17 bits per heavy atom. The van der Waals surface area contributed by atoms with Gasteiger partial charge >= 0.3 is 12.1 Å². The topological polar surface area (TPSA) is 125 Å². The second-order valence-corrected chi connectivity index (χ2v) is 9.52. The fourth-order valence-electron chi connectivity index (χ4n) is 4.97. The predicted octanol–water partition coefficient (Wildman–Crippen LogP) is 2.35. The standard InChI is InChI=1S/C26H29N3O6/c1-26(2)11-12-29(23(26)24(32)33)22(31)14-27-21(30)13-28-25(34)35-15-20-18-9-5-3-7-16(18)17-8-4-6-10-19(17)20/h3-10,20,23H,11-15H2,1-2H3,(H,27,30)(H,28,34)(H,32,33). The van der Waals surface area contributed by atoms with E-state index in [-0.39, 0.29) is 25.6 Å². The Morgan fingerprint density at radius 2 is 1.57 bits per heavy atom. The number of aliphatic carboxylic acids is 1. The summed E-state index contributed by atoms with van der Waals surface area (Å²) in [5, 5.41) is 14.3. The molecular weight excluding hydrogens is 450 g/mol. The molecule has 9 nitrogen and oxygen atoms in total. The van der Waals surface area contributed by atoms with Crippen LogP contribution < -0.4 is 10.6 Å². The Kier molecular flexibility index (Phi) is 6.77. The summed E-state index contributed by atoms with van der Waals surface area (Å²) in [6.45, 7) is 3.34. The van der Waals surface area contributed by atoms with Crippen LogP contribution in [0, 0.1) is 5.41 Å². The zero-order valence-electron chi connectivity index (χ0n) is 19.7. The Morgan fingerprint density at radius 1 is 0.971 bits per heavy atom. The second kappa shape index (κ2) is 9.77. The number of alkyl carbamates (subject to hydrolysis) is 1. The van der Waals surface area contributed by atoms with Crippen LogP contribution in [0.15, 0.2) is 48.5 Å². The van der Waals surface area contributed by atoms with E-state index in [1.165, 1.54) is 4.90 Å². The van der Waals surface area contributed by atoms with Gasteiger partial charge in [-0.1, -0.05) is 62.4 Å². The van der Waals surface area contributed by atoms with E-state index < -0.39 is 35.3 Å². The van der Waals surface area contributed by atoms with Crippen molar-refractivity contribution in [2.24, 2.45) is 5.41 Å². The number of amides is 3. The molecule has 0 radical (unpaired) electrons. The zero-order valence-corrected chi connectivity index (χ0v) is 19.7. The van der Waals surface area contributed by atoms with Crippen molar-refractivity contribution in [3.63, 3.8) is 0 Å². The van der Waals surface area contributed by atoms with Gasteiger partial charge in [0.25, 0.3) is 0 Å². The molecule has 2 aromatic carbocycles. The molecule has 1 heterocycles. The molecule has 0 saturated carbocycles. The van der Waals surface area contributed by atoms with Gasteiger partial charge in [0.05, 0.1) is 6.54 Å². The molecule has 1 aliphatic carbocycles. The third-order valence-electron chi connectivity index (χ3n) is 6.78. The highest BCUT2D eigenvalue weighted by atomic mass is 16.5. The molecule has 3 N–H and O–H groups in total. The van der Waals surface area contributed by atoms with Crippen LogP contribution >= 0.6 is 0 Å². The van der Waals surface area contributed by atoms with E-state index in [1.807, 2.05) is 48.5 Å². The first kappa shape index (κ1) is 24.3. The number of likely N-dealkylation sites (tertiary alicyclic amines) is 1. The number of nitrogens with zero attached hydrogens (tertiary/aromatic N) is 1. The molecule has 1 fully saturated rings. The first-order valence-electron chi connectivity index (χ1n) is 11.6. The molecule has 0 aromatic heterocycles. The van der Waals surface area contributed by atoms with Gasteiger partial charge in [-0.3, -0.25) is 9.59 Å². The van der Waals surface area contributed by atoms with Gasteiger partial charge < -0.3 is 25.4 Å². The molecule has 1 atom stereocenters. The maximum Gasteiger partial charge on any atom is 0.407 e. The van der Waals surface area contributed by atoms with Crippen molar-refractivity contribution in [1.82, 2.24) is 15.5 Å². The van der Waals surface area contributed by atoms with E-state index in [0.29, 0.717) is 13.0 Å². The summed E-state index contributed by atoms with van der Waals surface area (Å²) in [6, 6.07) is 15.0. The molecule has 2 aliphatic rings. The minimum Gasteiger partial charge on any atom is -0.480 e.